The fourth-order valence-corrected chi connectivity index (χ4v) is 4.83. The van der Waals surface area contributed by atoms with E-state index in [4.69, 9.17) is 0 Å². The van der Waals surface area contributed by atoms with Gasteiger partial charge in [-0.05, 0) is 34.5 Å². The van der Waals surface area contributed by atoms with Crippen LogP contribution in [0, 0.1) is 0 Å². The van der Waals surface area contributed by atoms with E-state index < -0.39 is 0 Å². The normalized spacial score (nSPS) is 14.6. The Hall–Kier alpha value is -4.11. The van der Waals surface area contributed by atoms with E-state index in [0.29, 0.717) is 0 Å². The lowest BCUT2D eigenvalue weighted by molar-refractivity contribution is -0.112. The lowest BCUT2D eigenvalue weighted by Crippen LogP contribution is -2.20. The maximum absolute atomic E-state index is 13.0. The summed E-state index contributed by atoms with van der Waals surface area (Å²) < 4.78 is 2.29. The molecule has 0 spiro atoms. The summed E-state index contributed by atoms with van der Waals surface area (Å²) in [6.07, 6.45) is 4.22. The van der Waals surface area contributed by atoms with Gasteiger partial charge in [-0.2, -0.15) is 0 Å². The van der Waals surface area contributed by atoms with Gasteiger partial charge in [-0.1, -0.05) is 78.9 Å². The van der Waals surface area contributed by atoms with Gasteiger partial charge in [-0.3, -0.25) is 4.79 Å². The molecule has 1 aromatic heterocycles. The number of anilines is 1. The molecule has 3 heteroatoms. The minimum absolute atomic E-state index is 0.0390. The van der Waals surface area contributed by atoms with E-state index in [1.165, 1.54) is 21.9 Å². The maximum atomic E-state index is 13.0. The standard InChI is InChI=1S/C29H22N2O/c1-30-27-15-6-5-14-25(27)26(29(30)32)17-22-19-31(28-16-7-4-13-24(22)28)18-21-11-8-10-20-9-2-3-12-23(20)21/h2-17,19H,18H2,1H3/b26-17+. The quantitative estimate of drug-likeness (QED) is 0.315. The average molecular weight is 415 g/mol. The third-order valence-electron chi connectivity index (χ3n) is 6.43. The van der Waals surface area contributed by atoms with Crippen molar-refractivity contribution in [1.29, 1.82) is 0 Å². The molecule has 0 N–H and O–H groups in total. The number of fused-ring (bicyclic) bond motifs is 3. The van der Waals surface area contributed by atoms with Crippen LogP contribution in [-0.2, 0) is 11.3 Å². The lowest BCUT2D eigenvalue weighted by atomic mass is 10.0. The van der Waals surface area contributed by atoms with Crippen molar-refractivity contribution in [3.8, 4) is 0 Å². The van der Waals surface area contributed by atoms with Gasteiger partial charge in [0.25, 0.3) is 5.91 Å². The van der Waals surface area contributed by atoms with E-state index in [1.54, 1.807) is 4.90 Å². The molecule has 2 heterocycles. The first kappa shape index (κ1) is 18.6. The number of carbonyl (C=O) groups excluding carboxylic acids is 1. The second kappa shape index (κ2) is 7.24. The predicted molar refractivity (Wildman–Crippen MR) is 133 cm³/mol. The third kappa shape index (κ3) is 2.86. The molecule has 3 nitrogen and oxygen atoms in total. The Morgan fingerprint density at radius 1 is 0.781 bits per heavy atom. The van der Waals surface area contributed by atoms with E-state index in [-0.39, 0.29) is 5.91 Å². The van der Waals surface area contributed by atoms with Crippen molar-refractivity contribution in [2.24, 2.45) is 0 Å². The lowest BCUT2D eigenvalue weighted by Gasteiger charge is -2.09. The number of nitrogens with zero attached hydrogens (tertiary/aromatic N) is 2. The first-order valence-electron chi connectivity index (χ1n) is 10.8. The predicted octanol–water partition coefficient (Wildman–Crippen LogP) is 6.36. The molecule has 1 aliphatic heterocycles. The number of rotatable bonds is 3. The molecule has 32 heavy (non-hydrogen) atoms. The molecule has 4 aromatic carbocycles. The van der Waals surface area contributed by atoms with E-state index in [2.05, 4.69) is 77.5 Å². The number of para-hydroxylation sites is 2. The molecule has 0 aliphatic carbocycles. The third-order valence-corrected chi connectivity index (χ3v) is 6.43. The molecule has 0 atom stereocenters. The highest BCUT2D eigenvalue weighted by Gasteiger charge is 2.29. The fraction of sp³-hybridized carbons (Fsp3) is 0.0690. The van der Waals surface area contributed by atoms with Crippen molar-refractivity contribution in [3.63, 3.8) is 0 Å². The molecule has 154 valence electrons. The minimum atomic E-state index is 0.0390. The highest BCUT2D eigenvalue weighted by atomic mass is 16.2. The van der Waals surface area contributed by atoms with Crippen LogP contribution >= 0.6 is 0 Å². The van der Waals surface area contributed by atoms with Gasteiger partial charge >= 0.3 is 0 Å². The second-order valence-electron chi connectivity index (χ2n) is 8.31. The first-order valence-corrected chi connectivity index (χ1v) is 10.8. The summed E-state index contributed by atoms with van der Waals surface area (Å²) in [6.45, 7) is 0.773. The van der Waals surface area contributed by atoms with Gasteiger partial charge in [0.2, 0.25) is 0 Å². The van der Waals surface area contributed by atoms with Gasteiger partial charge in [0.05, 0.1) is 5.69 Å². The van der Waals surface area contributed by atoms with Crippen molar-refractivity contribution in [1.82, 2.24) is 4.57 Å². The van der Waals surface area contributed by atoms with Crippen LogP contribution in [0.4, 0.5) is 5.69 Å². The van der Waals surface area contributed by atoms with E-state index in [1.807, 2.05) is 37.4 Å². The van der Waals surface area contributed by atoms with Crippen molar-refractivity contribution in [2.75, 3.05) is 11.9 Å². The summed E-state index contributed by atoms with van der Waals surface area (Å²) in [4.78, 5) is 14.7. The number of amides is 1. The van der Waals surface area contributed by atoms with Crippen LogP contribution in [0.15, 0.2) is 97.2 Å². The molecule has 1 amide bonds. The molecule has 0 saturated heterocycles. The van der Waals surface area contributed by atoms with E-state index in [0.717, 1.165) is 34.3 Å². The summed E-state index contributed by atoms with van der Waals surface area (Å²) in [5, 5.41) is 3.68. The highest BCUT2D eigenvalue weighted by Crippen LogP contribution is 2.37. The topological polar surface area (TPSA) is 25.2 Å². The zero-order valence-corrected chi connectivity index (χ0v) is 17.8. The number of benzene rings is 4. The molecule has 0 saturated carbocycles. The Bertz CT molecular complexity index is 1530. The SMILES string of the molecule is CN1C(=O)/C(=C/c2cn(Cc3cccc4ccccc34)c3ccccc23)c2ccccc21. The van der Waals surface area contributed by atoms with Crippen molar-refractivity contribution in [3.05, 3.63) is 114 Å². The Labute approximate surface area is 186 Å². The smallest absolute Gasteiger partial charge is 0.258 e. The average Bonchev–Trinajstić information content (AvgIpc) is 3.30. The Morgan fingerprint density at radius 3 is 2.41 bits per heavy atom. The second-order valence-corrected chi connectivity index (χ2v) is 8.31. The molecular weight excluding hydrogens is 392 g/mol. The fourth-order valence-electron chi connectivity index (χ4n) is 4.83. The van der Waals surface area contributed by atoms with Gasteiger partial charge in [0.1, 0.15) is 0 Å². The van der Waals surface area contributed by atoms with Crippen LogP contribution in [0.25, 0.3) is 33.3 Å². The summed E-state index contributed by atoms with van der Waals surface area (Å²) in [5.41, 5.74) is 6.21. The van der Waals surface area contributed by atoms with Crippen LogP contribution in [0.2, 0.25) is 0 Å². The largest absolute Gasteiger partial charge is 0.342 e. The van der Waals surface area contributed by atoms with Gasteiger partial charge in [-0.25, -0.2) is 0 Å². The van der Waals surface area contributed by atoms with Gasteiger partial charge in [-0.15, -0.1) is 0 Å². The summed E-state index contributed by atoms with van der Waals surface area (Å²) in [7, 11) is 1.84. The number of hydrogen-bond acceptors (Lipinski definition) is 1. The Balaban J connectivity index is 1.49. The summed E-state index contributed by atoms with van der Waals surface area (Å²) in [6, 6.07) is 31.4. The molecule has 0 fully saturated rings. The number of likely N-dealkylation sites (N-methyl/N-ethyl adjacent to an activating group) is 1. The van der Waals surface area contributed by atoms with Gasteiger partial charge in [0.15, 0.2) is 0 Å². The van der Waals surface area contributed by atoms with Gasteiger partial charge < -0.3 is 9.47 Å². The van der Waals surface area contributed by atoms with E-state index in [9.17, 15) is 4.79 Å². The number of aromatic nitrogens is 1. The summed E-state index contributed by atoms with van der Waals surface area (Å²) >= 11 is 0. The van der Waals surface area contributed by atoms with Crippen LogP contribution in [-0.4, -0.2) is 17.5 Å². The zero-order valence-electron chi connectivity index (χ0n) is 17.8. The van der Waals surface area contributed by atoms with Crippen molar-refractivity contribution in [2.45, 2.75) is 6.54 Å². The molecule has 5 aromatic rings. The molecule has 1 aliphatic rings. The van der Waals surface area contributed by atoms with Crippen LogP contribution in [0.1, 0.15) is 16.7 Å². The summed E-state index contributed by atoms with van der Waals surface area (Å²) in [5.74, 6) is 0.0390. The number of hydrogen-bond donors (Lipinski definition) is 0. The van der Waals surface area contributed by atoms with Crippen LogP contribution in [0.5, 0.6) is 0 Å². The molecule has 0 unspecified atom stereocenters. The molecule has 6 rings (SSSR count). The first-order chi connectivity index (χ1) is 15.7. The van der Waals surface area contributed by atoms with Crippen molar-refractivity contribution < 1.29 is 4.79 Å². The number of carbonyl (C=O) groups is 1. The van der Waals surface area contributed by atoms with Crippen molar-refractivity contribution >= 4 is 44.9 Å². The maximum Gasteiger partial charge on any atom is 0.258 e. The highest BCUT2D eigenvalue weighted by molar-refractivity contribution is 6.36. The van der Waals surface area contributed by atoms with Crippen LogP contribution < -0.4 is 4.90 Å². The zero-order chi connectivity index (χ0) is 21.7. The Kier molecular flexibility index (Phi) is 4.22. The van der Waals surface area contributed by atoms with Crippen LogP contribution in [0.3, 0.4) is 0 Å². The Morgan fingerprint density at radius 2 is 1.50 bits per heavy atom. The van der Waals surface area contributed by atoms with E-state index >= 15 is 0 Å². The van der Waals surface area contributed by atoms with Gasteiger partial charge in [0, 0.05) is 47.4 Å². The molecule has 0 bridgehead atoms. The minimum Gasteiger partial charge on any atom is -0.342 e. The molecule has 0 radical (unpaired) electrons. The monoisotopic (exact) mass is 414 g/mol. The molecular formula is C29H22N2O.